The average Bonchev–Trinajstić information content (AvgIpc) is 2.41. The predicted octanol–water partition coefficient (Wildman–Crippen LogP) is 3.35. The summed E-state index contributed by atoms with van der Waals surface area (Å²) in [6.45, 7) is 2.01. The van der Waals surface area contributed by atoms with Crippen molar-refractivity contribution in [2.24, 2.45) is 5.10 Å². The molecule has 5 heteroatoms. The molecule has 0 radical (unpaired) electrons. The van der Waals surface area contributed by atoms with Crippen molar-refractivity contribution >= 4 is 17.6 Å². The summed E-state index contributed by atoms with van der Waals surface area (Å²) in [5.74, 6) is 0. The maximum atomic E-state index is 10.8. The second kappa shape index (κ2) is 5.77. The van der Waals surface area contributed by atoms with Gasteiger partial charge in [0.1, 0.15) is 5.69 Å². The molecule has 0 saturated heterocycles. The first-order valence-electron chi connectivity index (χ1n) is 5.76. The number of aryl methyl sites for hydroxylation is 1. The third-order valence-corrected chi connectivity index (χ3v) is 2.58. The van der Waals surface area contributed by atoms with E-state index in [4.69, 9.17) is 0 Å². The summed E-state index contributed by atoms with van der Waals surface area (Å²) < 4.78 is 0. The van der Waals surface area contributed by atoms with Crippen LogP contribution in [0.1, 0.15) is 11.1 Å². The summed E-state index contributed by atoms with van der Waals surface area (Å²) in [4.78, 5) is 10.4. The molecule has 0 spiro atoms. The van der Waals surface area contributed by atoms with Gasteiger partial charge in [0.15, 0.2) is 0 Å². The highest BCUT2D eigenvalue weighted by atomic mass is 16.6. The highest BCUT2D eigenvalue weighted by molar-refractivity contribution is 5.80. The molecule has 0 bridgehead atoms. The summed E-state index contributed by atoms with van der Waals surface area (Å²) in [5, 5.41) is 14.8. The fourth-order valence-corrected chi connectivity index (χ4v) is 1.56. The number of rotatable bonds is 4. The van der Waals surface area contributed by atoms with Gasteiger partial charge in [-0.3, -0.25) is 15.5 Å². The van der Waals surface area contributed by atoms with Gasteiger partial charge in [-0.2, -0.15) is 5.10 Å². The lowest BCUT2D eigenvalue weighted by Crippen LogP contribution is -1.96. The number of hydrogen-bond donors (Lipinski definition) is 1. The van der Waals surface area contributed by atoms with Gasteiger partial charge < -0.3 is 0 Å². The van der Waals surface area contributed by atoms with Crippen molar-refractivity contribution in [2.45, 2.75) is 6.92 Å². The molecule has 0 aliphatic carbocycles. The molecule has 19 heavy (non-hydrogen) atoms. The molecule has 0 unspecified atom stereocenters. The number of nitrogens with one attached hydrogen (secondary N) is 1. The van der Waals surface area contributed by atoms with E-state index in [1.165, 1.54) is 11.6 Å². The van der Waals surface area contributed by atoms with E-state index in [1.807, 2.05) is 31.2 Å². The van der Waals surface area contributed by atoms with Gasteiger partial charge >= 0.3 is 0 Å². The minimum atomic E-state index is -0.441. The SMILES string of the molecule is Cc1ccc(/C=N/Nc2ccccc2[N+](=O)[O-])cc1. The molecule has 0 fully saturated rings. The van der Waals surface area contributed by atoms with E-state index in [0.717, 1.165) is 5.56 Å². The van der Waals surface area contributed by atoms with Gasteiger partial charge in [0, 0.05) is 6.07 Å². The van der Waals surface area contributed by atoms with Crippen LogP contribution in [0, 0.1) is 17.0 Å². The topological polar surface area (TPSA) is 67.5 Å². The normalized spacial score (nSPS) is 10.6. The van der Waals surface area contributed by atoms with Crippen molar-refractivity contribution in [3.63, 3.8) is 0 Å². The van der Waals surface area contributed by atoms with Crippen LogP contribution >= 0.6 is 0 Å². The van der Waals surface area contributed by atoms with Crippen molar-refractivity contribution in [3.8, 4) is 0 Å². The predicted molar refractivity (Wildman–Crippen MR) is 75.5 cm³/mol. The maximum absolute atomic E-state index is 10.8. The van der Waals surface area contributed by atoms with Crippen molar-refractivity contribution in [2.75, 3.05) is 5.43 Å². The van der Waals surface area contributed by atoms with Gasteiger partial charge in [0.25, 0.3) is 5.69 Å². The summed E-state index contributed by atoms with van der Waals surface area (Å²) in [7, 11) is 0. The third-order valence-electron chi connectivity index (χ3n) is 2.58. The number of benzene rings is 2. The van der Waals surface area contributed by atoms with Gasteiger partial charge in [-0.1, -0.05) is 42.0 Å². The van der Waals surface area contributed by atoms with E-state index < -0.39 is 4.92 Å². The van der Waals surface area contributed by atoms with Crippen LogP contribution in [-0.4, -0.2) is 11.1 Å². The fraction of sp³-hybridized carbons (Fsp3) is 0.0714. The first-order valence-corrected chi connectivity index (χ1v) is 5.76. The van der Waals surface area contributed by atoms with E-state index in [9.17, 15) is 10.1 Å². The Balaban J connectivity index is 2.10. The molecule has 0 atom stereocenters. The number of hydrogen-bond acceptors (Lipinski definition) is 4. The molecule has 0 aliphatic heterocycles. The Morgan fingerprint density at radius 1 is 1.16 bits per heavy atom. The standard InChI is InChI=1S/C14H13N3O2/c1-11-6-8-12(9-7-11)10-15-16-13-4-2-3-5-14(13)17(18)19/h2-10,16H,1H3/b15-10+. The van der Waals surface area contributed by atoms with E-state index in [1.54, 1.807) is 24.4 Å². The van der Waals surface area contributed by atoms with Crippen LogP contribution in [-0.2, 0) is 0 Å². The molecule has 0 saturated carbocycles. The Hall–Kier alpha value is -2.69. The summed E-state index contributed by atoms with van der Waals surface area (Å²) in [6, 6.07) is 14.2. The number of para-hydroxylation sites is 2. The Labute approximate surface area is 110 Å². The zero-order valence-electron chi connectivity index (χ0n) is 10.4. The van der Waals surface area contributed by atoms with Crippen molar-refractivity contribution in [3.05, 3.63) is 69.8 Å². The number of hydrazone groups is 1. The quantitative estimate of drug-likeness (QED) is 0.517. The molecule has 0 heterocycles. The lowest BCUT2D eigenvalue weighted by atomic mass is 10.2. The van der Waals surface area contributed by atoms with Crippen molar-refractivity contribution in [1.82, 2.24) is 0 Å². The number of nitrogens with zero attached hydrogens (tertiary/aromatic N) is 2. The van der Waals surface area contributed by atoms with Crippen LogP contribution in [0.25, 0.3) is 0 Å². The van der Waals surface area contributed by atoms with Gasteiger partial charge in [-0.25, -0.2) is 0 Å². The molecule has 1 N–H and O–H groups in total. The maximum Gasteiger partial charge on any atom is 0.294 e. The van der Waals surface area contributed by atoms with Crippen molar-refractivity contribution < 1.29 is 4.92 Å². The van der Waals surface area contributed by atoms with E-state index in [0.29, 0.717) is 5.69 Å². The minimum absolute atomic E-state index is 0.00329. The zero-order chi connectivity index (χ0) is 13.7. The minimum Gasteiger partial charge on any atom is -0.272 e. The van der Waals surface area contributed by atoms with E-state index in [2.05, 4.69) is 10.5 Å². The van der Waals surface area contributed by atoms with Crippen LogP contribution in [0.3, 0.4) is 0 Å². The Morgan fingerprint density at radius 3 is 2.53 bits per heavy atom. The molecule has 2 aromatic carbocycles. The van der Waals surface area contributed by atoms with Crippen molar-refractivity contribution in [1.29, 1.82) is 0 Å². The number of nitro groups is 1. The fourth-order valence-electron chi connectivity index (χ4n) is 1.56. The molecule has 5 nitrogen and oxygen atoms in total. The smallest absolute Gasteiger partial charge is 0.272 e. The first kappa shape index (κ1) is 12.8. The molecular formula is C14H13N3O2. The van der Waals surface area contributed by atoms with Gasteiger partial charge in [-0.15, -0.1) is 0 Å². The Bertz CT molecular complexity index is 606. The zero-order valence-corrected chi connectivity index (χ0v) is 10.4. The largest absolute Gasteiger partial charge is 0.294 e. The van der Waals surface area contributed by atoms with Gasteiger partial charge in [0.05, 0.1) is 11.1 Å². The van der Waals surface area contributed by atoms with Gasteiger partial charge in [0.2, 0.25) is 0 Å². The van der Waals surface area contributed by atoms with Crippen LogP contribution < -0.4 is 5.43 Å². The molecule has 0 aromatic heterocycles. The van der Waals surface area contributed by atoms with Crippen LogP contribution in [0.15, 0.2) is 53.6 Å². The summed E-state index contributed by atoms with van der Waals surface area (Å²) in [6.07, 6.45) is 1.62. The highest BCUT2D eigenvalue weighted by Gasteiger charge is 2.10. The van der Waals surface area contributed by atoms with Crippen LogP contribution in [0.2, 0.25) is 0 Å². The third kappa shape index (κ3) is 3.38. The molecule has 96 valence electrons. The first-order chi connectivity index (χ1) is 9.16. The molecule has 0 aliphatic rings. The number of nitro benzene ring substituents is 1. The molecule has 0 amide bonds. The molecule has 2 aromatic rings. The average molecular weight is 255 g/mol. The lowest BCUT2D eigenvalue weighted by Gasteiger charge is -2.01. The second-order valence-corrected chi connectivity index (χ2v) is 4.05. The van der Waals surface area contributed by atoms with Crippen LogP contribution in [0.5, 0.6) is 0 Å². The Kier molecular flexibility index (Phi) is 3.87. The van der Waals surface area contributed by atoms with E-state index >= 15 is 0 Å². The highest BCUT2D eigenvalue weighted by Crippen LogP contribution is 2.22. The monoisotopic (exact) mass is 255 g/mol. The Morgan fingerprint density at radius 2 is 1.84 bits per heavy atom. The molecular weight excluding hydrogens is 242 g/mol. The lowest BCUT2D eigenvalue weighted by molar-refractivity contribution is -0.384. The summed E-state index contributed by atoms with van der Waals surface area (Å²) in [5.41, 5.74) is 5.16. The summed E-state index contributed by atoms with van der Waals surface area (Å²) >= 11 is 0. The van der Waals surface area contributed by atoms with Crippen LogP contribution in [0.4, 0.5) is 11.4 Å². The van der Waals surface area contributed by atoms with Gasteiger partial charge in [-0.05, 0) is 18.6 Å². The number of anilines is 1. The second-order valence-electron chi connectivity index (χ2n) is 4.05. The van der Waals surface area contributed by atoms with E-state index in [-0.39, 0.29) is 5.69 Å². The molecule has 2 rings (SSSR count).